The number of hydrogen-bond acceptors (Lipinski definition) is 1. The van der Waals surface area contributed by atoms with Crippen molar-refractivity contribution in [2.75, 3.05) is 0 Å². The van der Waals surface area contributed by atoms with Gasteiger partial charge in [0.05, 0.1) is 0 Å². The Kier molecular flexibility index (Phi) is 2.27. The lowest BCUT2D eigenvalue weighted by Gasteiger charge is -2.09. The van der Waals surface area contributed by atoms with E-state index in [0.717, 1.165) is 0 Å². The molecule has 2 rings (SSSR count). The monoisotopic (exact) mass is 185 g/mol. The fourth-order valence-electron chi connectivity index (χ4n) is 1.42. The largest absolute Gasteiger partial charge is 0.269 e. The summed E-state index contributed by atoms with van der Waals surface area (Å²) in [5.41, 5.74) is 2.41. The topological polar surface area (TPSA) is 29.4 Å². The predicted octanol–water partition coefficient (Wildman–Crippen LogP) is 2.25. The molecule has 1 aromatic carbocycles. The molecule has 0 N–H and O–H groups in total. The summed E-state index contributed by atoms with van der Waals surface area (Å²) < 4.78 is 0. The lowest BCUT2D eigenvalue weighted by molar-refractivity contribution is -0.113. The molecular weight excluding hydrogens is 174 g/mol. The maximum Gasteiger partial charge on any atom is 0.269 e. The van der Waals surface area contributed by atoms with E-state index in [9.17, 15) is 4.79 Å². The van der Waals surface area contributed by atoms with E-state index in [0.29, 0.717) is 0 Å². The SMILES string of the molecule is Cc1ccc(C2C=CC(=O)N=C2)cc1. The number of benzene rings is 1. The number of nitrogens with zero attached hydrogens (tertiary/aromatic N) is 1. The Labute approximate surface area is 83.0 Å². The van der Waals surface area contributed by atoms with E-state index in [1.165, 1.54) is 17.2 Å². The predicted molar refractivity (Wildman–Crippen MR) is 56.6 cm³/mol. The number of allylic oxidation sites excluding steroid dienone is 1. The number of aliphatic imine (C=N–C) groups is 1. The first-order chi connectivity index (χ1) is 6.75. The first-order valence-electron chi connectivity index (χ1n) is 4.58. The summed E-state index contributed by atoms with van der Waals surface area (Å²) in [5.74, 6) is -0.0262. The second kappa shape index (κ2) is 3.58. The molecule has 1 atom stereocenters. The average molecular weight is 185 g/mol. The van der Waals surface area contributed by atoms with Crippen LogP contribution in [0.25, 0.3) is 0 Å². The molecule has 0 saturated heterocycles. The minimum Gasteiger partial charge on any atom is -0.268 e. The van der Waals surface area contributed by atoms with Gasteiger partial charge >= 0.3 is 0 Å². The molecule has 0 spiro atoms. The third-order valence-electron chi connectivity index (χ3n) is 2.27. The van der Waals surface area contributed by atoms with Gasteiger partial charge in [-0.2, -0.15) is 0 Å². The fourth-order valence-corrected chi connectivity index (χ4v) is 1.42. The van der Waals surface area contributed by atoms with Crippen molar-refractivity contribution in [2.45, 2.75) is 12.8 Å². The molecule has 1 aliphatic rings. The van der Waals surface area contributed by atoms with Crippen LogP contribution < -0.4 is 0 Å². The van der Waals surface area contributed by atoms with Crippen LogP contribution >= 0.6 is 0 Å². The van der Waals surface area contributed by atoms with Crippen LogP contribution in [0, 0.1) is 6.92 Å². The summed E-state index contributed by atoms with van der Waals surface area (Å²) in [6, 6.07) is 8.25. The van der Waals surface area contributed by atoms with Crippen molar-refractivity contribution >= 4 is 12.1 Å². The zero-order valence-corrected chi connectivity index (χ0v) is 7.97. The molecule has 1 aliphatic heterocycles. The number of carbonyl (C=O) groups is 1. The molecule has 14 heavy (non-hydrogen) atoms. The first-order valence-corrected chi connectivity index (χ1v) is 4.58. The van der Waals surface area contributed by atoms with Crippen molar-refractivity contribution in [3.8, 4) is 0 Å². The van der Waals surface area contributed by atoms with Gasteiger partial charge in [0.1, 0.15) is 0 Å². The van der Waals surface area contributed by atoms with Gasteiger partial charge in [-0.25, -0.2) is 4.99 Å². The number of hydrogen-bond donors (Lipinski definition) is 0. The summed E-state index contributed by atoms with van der Waals surface area (Å²) in [7, 11) is 0. The molecule has 70 valence electrons. The third-order valence-corrected chi connectivity index (χ3v) is 2.27. The Morgan fingerprint density at radius 1 is 1.21 bits per heavy atom. The van der Waals surface area contributed by atoms with Crippen molar-refractivity contribution < 1.29 is 4.79 Å². The summed E-state index contributed by atoms with van der Waals surface area (Å²) in [4.78, 5) is 14.6. The third kappa shape index (κ3) is 1.79. The van der Waals surface area contributed by atoms with E-state index in [-0.39, 0.29) is 11.8 Å². The molecule has 1 heterocycles. The van der Waals surface area contributed by atoms with Gasteiger partial charge < -0.3 is 0 Å². The maximum absolute atomic E-state index is 10.8. The van der Waals surface area contributed by atoms with Crippen LogP contribution in [0.4, 0.5) is 0 Å². The molecular formula is C12H11NO. The number of aryl methyl sites for hydroxylation is 1. The zero-order chi connectivity index (χ0) is 9.97. The molecule has 1 aromatic rings. The van der Waals surface area contributed by atoms with Gasteiger partial charge in [0.25, 0.3) is 5.91 Å². The van der Waals surface area contributed by atoms with Crippen LogP contribution in [-0.4, -0.2) is 12.1 Å². The van der Waals surface area contributed by atoms with Crippen LogP contribution in [0.3, 0.4) is 0 Å². The van der Waals surface area contributed by atoms with Gasteiger partial charge in [0, 0.05) is 18.2 Å². The summed E-state index contributed by atoms with van der Waals surface area (Å²) in [6.45, 7) is 2.05. The second-order valence-electron chi connectivity index (χ2n) is 3.41. The van der Waals surface area contributed by atoms with E-state index in [4.69, 9.17) is 0 Å². The van der Waals surface area contributed by atoms with Crippen molar-refractivity contribution in [1.29, 1.82) is 0 Å². The molecule has 0 bridgehead atoms. The zero-order valence-electron chi connectivity index (χ0n) is 7.97. The highest BCUT2D eigenvalue weighted by molar-refractivity contribution is 5.98. The van der Waals surface area contributed by atoms with E-state index < -0.39 is 0 Å². The Morgan fingerprint density at radius 2 is 1.93 bits per heavy atom. The Balaban J connectivity index is 2.24. The van der Waals surface area contributed by atoms with Crippen molar-refractivity contribution in [1.82, 2.24) is 0 Å². The van der Waals surface area contributed by atoms with E-state index in [1.807, 2.05) is 6.08 Å². The maximum atomic E-state index is 10.8. The Bertz CT molecular complexity index is 385. The van der Waals surface area contributed by atoms with Gasteiger partial charge in [-0.3, -0.25) is 4.79 Å². The van der Waals surface area contributed by atoms with Crippen LogP contribution in [-0.2, 0) is 4.79 Å². The molecule has 2 nitrogen and oxygen atoms in total. The van der Waals surface area contributed by atoms with E-state index in [2.05, 4.69) is 36.2 Å². The van der Waals surface area contributed by atoms with Crippen LogP contribution in [0.15, 0.2) is 41.4 Å². The quantitative estimate of drug-likeness (QED) is 0.659. The Morgan fingerprint density at radius 3 is 2.50 bits per heavy atom. The summed E-state index contributed by atoms with van der Waals surface area (Å²) >= 11 is 0. The molecule has 2 heteroatoms. The van der Waals surface area contributed by atoms with Crippen molar-refractivity contribution in [3.63, 3.8) is 0 Å². The van der Waals surface area contributed by atoms with Crippen LogP contribution in [0.5, 0.6) is 0 Å². The van der Waals surface area contributed by atoms with Crippen LogP contribution in [0.1, 0.15) is 17.0 Å². The van der Waals surface area contributed by atoms with E-state index in [1.54, 1.807) is 6.21 Å². The number of amides is 1. The first kappa shape index (κ1) is 8.88. The number of rotatable bonds is 1. The Hall–Kier alpha value is -1.70. The summed E-state index contributed by atoms with van der Waals surface area (Å²) in [5, 5.41) is 0. The molecule has 0 radical (unpaired) electrons. The molecule has 0 fully saturated rings. The highest BCUT2D eigenvalue weighted by Crippen LogP contribution is 2.18. The smallest absolute Gasteiger partial charge is 0.268 e. The molecule has 1 amide bonds. The molecule has 1 unspecified atom stereocenters. The van der Waals surface area contributed by atoms with Gasteiger partial charge in [-0.05, 0) is 12.5 Å². The fraction of sp³-hybridized carbons (Fsp3) is 0.167. The second-order valence-corrected chi connectivity index (χ2v) is 3.41. The van der Waals surface area contributed by atoms with Crippen LogP contribution in [0.2, 0.25) is 0 Å². The van der Waals surface area contributed by atoms with Gasteiger partial charge in [0.15, 0.2) is 0 Å². The van der Waals surface area contributed by atoms with Gasteiger partial charge in [0.2, 0.25) is 0 Å². The highest BCUT2D eigenvalue weighted by atomic mass is 16.1. The number of dihydropyridines is 1. The number of carbonyl (C=O) groups excluding carboxylic acids is 1. The summed E-state index contributed by atoms with van der Waals surface area (Å²) in [6.07, 6.45) is 5.08. The van der Waals surface area contributed by atoms with Crippen molar-refractivity contribution in [3.05, 3.63) is 47.5 Å². The average Bonchev–Trinajstić information content (AvgIpc) is 2.21. The molecule has 0 aliphatic carbocycles. The normalized spacial score (nSPS) is 20.1. The molecule has 0 saturated carbocycles. The minimum absolute atomic E-state index is 0.147. The molecule has 0 aromatic heterocycles. The van der Waals surface area contributed by atoms with E-state index >= 15 is 0 Å². The standard InChI is InChI=1S/C12H11NO/c1-9-2-4-10(5-3-9)11-6-7-12(14)13-8-11/h2-8,11H,1H3. The van der Waals surface area contributed by atoms with Gasteiger partial charge in [-0.15, -0.1) is 0 Å². The highest BCUT2D eigenvalue weighted by Gasteiger charge is 2.09. The lowest BCUT2D eigenvalue weighted by Crippen LogP contribution is -2.04. The lowest BCUT2D eigenvalue weighted by atomic mass is 9.97. The van der Waals surface area contributed by atoms with Gasteiger partial charge in [-0.1, -0.05) is 35.9 Å². The van der Waals surface area contributed by atoms with Crippen molar-refractivity contribution in [2.24, 2.45) is 4.99 Å². The minimum atomic E-state index is -0.173.